The van der Waals surface area contributed by atoms with E-state index in [0.717, 1.165) is 0 Å². The summed E-state index contributed by atoms with van der Waals surface area (Å²) in [6.07, 6.45) is 17.4. The molecule has 1 unspecified atom stereocenters. The molecular weight excluding hydrogens is 399 g/mol. The van der Waals surface area contributed by atoms with Crippen molar-refractivity contribution in [3.63, 3.8) is 0 Å². The number of hydrogen-bond donors (Lipinski definition) is 0. The molecule has 0 heterocycles. The molecule has 0 nitrogen and oxygen atoms in total. The van der Waals surface area contributed by atoms with Crippen molar-refractivity contribution in [1.29, 1.82) is 0 Å². The predicted octanol–water partition coefficient (Wildman–Crippen LogP) is -4.97. The largest absolute Gasteiger partial charge is 4.00 e. The van der Waals surface area contributed by atoms with Crippen molar-refractivity contribution in [1.82, 2.24) is 0 Å². The van der Waals surface area contributed by atoms with Crippen molar-refractivity contribution in [2.24, 2.45) is 0 Å². The van der Waals surface area contributed by atoms with Gasteiger partial charge in [-0.25, -0.2) is 12.1 Å². The maximum absolute atomic E-state index is 2.53. The van der Waals surface area contributed by atoms with Crippen LogP contribution in [0.4, 0.5) is 0 Å². The van der Waals surface area contributed by atoms with E-state index in [1.165, 1.54) is 38.5 Å². The molecule has 1 aromatic rings. The Morgan fingerprint density at radius 2 is 1.87 bits per heavy atom. The van der Waals surface area contributed by atoms with Gasteiger partial charge in [0.05, 0.1) is 0 Å². The maximum atomic E-state index is 2.53. The first kappa shape index (κ1) is 28.4. The Balaban J connectivity index is -0.000001000. The van der Waals surface area contributed by atoms with Crippen LogP contribution in [0.5, 0.6) is 0 Å². The van der Waals surface area contributed by atoms with E-state index in [0.29, 0.717) is 5.04 Å². The van der Waals surface area contributed by atoms with Gasteiger partial charge in [0.25, 0.3) is 0 Å². The van der Waals surface area contributed by atoms with Gasteiger partial charge >= 0.3 is 21.7 Å². The maximum Gasteiger partial charge on any atom is 4.00 e. The molecule has 0 spiro atoms. The van der Waals surface area contributed by atoms with E-state index in [9.17, 15) is 0 Å². The third-order valence-electron chi connectivity index (χ3n) is 4.43. The van der Waals surface area contributed by atoms with Crippen molar-refractivity contribution in [2.45, 2.75) is 57.4 Å². The molecule has 1 aromatic carbocycles. The minimum atomic E-state index is -0.228. The Kier molecular flexibility index (Phi) is 18.5. The monoisotopic (exact) mass is 424 g/mol. The van der Waals surface area contributed by atoms with E-state index in [1.807, 2.05) is 0 Å². The Morgan fingerprint density at radius 3 is 2.43 bits per heavy atom. The molecule has 0 N–H and O–H groups in total. The summed E-state index contributed by atoms with van der Waals surface area (Å²) < 4.78 is 0. The van der Waals surface area contributed by atoms with Crippen molar-refractivity contribution in [3.05, 3.63) is 48.1 Å². The zero-order chi connectivity index (χ0) is 13.6. The zero-order valence-electron chi connectivity index (χ0n) is 14.1. The summed E-state index contributed by atoms with van der Waals surface area (Å²) in [5.74, 6) is 0. The molecule has 5 heteroatoms. The van der Waals surface area contributed by atoms with E-state index < -0.39 is 0 Å². The second-order valence-corrected chi connectivity index (χ2v) is 8.44. The van der Waals surface area contributed by atoms with Crippen molar-refractivity contribution in [2.75, 3.05) is 0 Å². The molecule has 2 rings (SSSR count). The van der Waals surface area contributed by atoms with Crippen LogP contribution in [0.25, 0.3) is 0 Å². The Hall–Kier alpha value is 0.631. The number of allylic oxidation sites excluding steroid dienone is 4. The SMILES string of the molecule is CCCCCC1([SiH2][c-]2cccc2CC)C=CC=CC1.[Cl-].[Cl-].[Cl-].[Ti+4]. The summed E-state index contributed by atoms with van der Waals surface area (Å²) in [6, 6.07) is 6.96. The van der Waals surface area contributed by atoms with Gasteiger partial charge in [0.15, 0.2) is 0 Å². The standard InChI is InChI=1S/C18H27Si.3ClH.Ti/c1-3-5-7-13-18(14-8-6-9-15-18)19-17-12-10-11-16(17)4-2;;;;/h6,8-12,14H,3-5,7,13,15,19H2,1-2H3;3*1H;/q-1;;;;+4/p-3. The summed E-state index contributed by atoms with van der Waals surface area (Å²) in [6.45, 7) is 4.58. The minimum Gasteiger partial charge on any atom is -1.00 e. The van der Waals surface area contributed by atoms with Crippen LogP contribution in [0.15, 0.2) is 42.5 Å². The number of halogens is 3. The van der Waals surface area contributed by atoms with Gasteiger partial charge in [-0.1, -0.05) is 63.8 Å². The Morgan fingerprint density at radius 1 is 1.13 bits per heavy atom. The second-order valence-electron chi connectivity index (χ2n) is 5.92. The molecule has 0 saturated carbocycles. The van der Waals surface area contributed by atoms with Gasteiger partial charge in [0.1, 0.15) is 0 Å². The van der Waals surface area contributed by atoms with Gasteiger partial charge in [-0.3, -0.25) is 0 Å². The van der Waals surface area contributed by atoms with Crippen LogP contribution in [0.2, 0.25) is 5.04 Å². The smallest absolute Gasteiger partial charge is 1.00 e. The van der Waals surface area contributed by atoms with Crippen LogP contribution in [-0.2, 0) is 28.1 Å². The molecule has 0 aromatic heterocycles. The van der Waals surface area contributed by atoms with Gasteiger partial charge in [-0.15, -0.1) is 0 Å². The number of unbranched alkanes of at least 4 members (excludes halogenated alkanes) is 2. The topological polar surface area (TPSA) is 0 Å². The van der Waals surface area contributed by atoms with Crippen molar-refractivity contribution < 1.29 is 58.9 Å². The normalized spacial score (nSPS) is 18.7. The van der Waals surface area contributed by atoms with Crippen LogP contribution >= 0.6 is 0 Å². The molecule has 0 bridgehead atoms. The first-order valence-corrected chi connectivity index (χ1v) is 9.29. The van der Waals surface area contributed by atoms with Crippen LogP contribution in [0, 0.1) is 0 Å². The summed E-state index contributed by atoms with van der Waals surface area (Å²) in [4.78, 5) is 0. The van der Waals surface area contributed by atoms with Gasteiger partial charge in [-0.2, -0.15) is 16.8 Å². The quantitative estimate of drug-likeness (QED) is 0.233. The molecular formula is C18H27Cl3SiTi. The van der Waals surface area contributed by atoms with E-state index in [4.69, 9.17) is 0 Å². The average Bonchev–Trinajstić information content (AvgIpc) is 2.87. The number of rotatable bonds is 7. The molecule has 0 aliphatic heterocycles. The molecule has 23 heavy (non-hydrogen) atoms. The first-order chi connectivity index (χ1) is 9.29. The van der Waals surface area contributed by atoms with Gasteiger partial charge in [0, 0.05) is 9.52 Å². The van der Waals surface area contributed by atoms with E-state index in [1.54, 1.807) is 10.8 Å². The van der Waals surface area contributed by atoms with Gasteiger partial charge in [0.2, 0.25) is 0 Å². The fraction of sp³-hybridized carbons (Fsp3) is 0.500. The summed E-state index contributed by atoms with van der Waals surface area (Å²) in [5.41, 5.74) is 1.60. The molecule has 1 aliphatic rings. The van der Waals surface area contributed by atoms with E-state index >= 15 is 0 Å². The zero-order valence-corrected chi connectivity index (χ0v) is 19.4. The molecule has 0 amide bonds. The molecule has 1 aliphatic carbocycles. The minimum absolute atomic E-state index is 0. The van der Waals surface area contributed by atoms with E-state index in [-0.39, 0.29) is 68.5 Å². The van der Waals surface area contributed by atoms with Crippen molar-refractivity contribution >= 4 is 14.7 Å². The molecule has 128 valence electrons. The number of aryl methyl sites for hydroxylation is 1. The van der Waals surface area contributed by atoms with Crippen LogP contribution < -0.4 is 42.4 Å². The van der Waals surface area contributed by atoms with Crippen LogP contribution in [-0.4, -0.2) is 9.52 Å². The predicted molar refractivity (Wildman–Crippen MR) is 89.3 cm³/mol. The fourth-order valence-electron chi connectivity index (χ4n) is 3.23. The van der Waals surface area contributed by atoms with Gasteiger partial charge < -0.3 is 37.2 Å². The third kappa shape index (κ3) is 8.52. The Bertz CT molecular complexity index is 457. The molecule has 0 fully saturated rings. The van der Waals surface area contributed by atoms with Gasteiger partial charge in [-0.05, 0) is 17.9 Å². The fourth-order valence-corrected chi connectivity index (χ4v) is 5.83. The van der Waals surface area contributed by atoms with Crippen LogP contribution in [0.1, 0.15) is 51.5 Å². The molecule has 1 atom stereocenters. The Labute approximate surface area is 178 Å². The average molecular weight is 426 g/mol. The second kappa shape index (κ2) is 14.9. The first-order valence-electron chi connectivity index (χ1n) is 7.87. The van der Waals surface area contributed by atoms with E-state index in [2.05, 4.69) is 56.4 Å². The van der Waals surface area contributed by atoms with Crippen molar-refractivity contribution in [3.8, 4) is 0 Å². The molecule has 0 radical (unpaired) electrons. The third-order valence-corrected chi connectivity index (χ3v) is 7.08. The summed E-state index contributed by atoms with van der Waals surface area (Å²) >= 11 is 0. The summed E-state index contributed by atoms with van der Waals surface area (Å²) in [5, 5.41) is 2.22. The molecule has 0 saturated heterocycles. The summed E-state index contributed by atoms with van der Waals surface area (Å²) in [7, 11) is -0.228. The van der Waals surface area contributed by atoms with Crippen LogP contribution in [0.3, 0.4) is 0 Å². The number of hydrogen-bond acceptors (Lipinski definition) is 0.